The number of nitrogens with zero attached hydrogens (tertiary/aromatic N) is 2. The molecule has 0 aliphatic heterocycles. The summed E-state index contributed by atoms with van der Waals surface area (Å²) in [6.07, 6.45) is 0. The van der Waals surface area contributed by atoms with Crippen molar-refractivity contribution >= 4 is 39.7 Å². The lowest BCUT2D eigenvalue weighted by Gasteiger charge is -2.17. The first-order valence-corrected chi connectivity index (χ1v) is 9.31. The Morgan fingerprint density at radius 3 is 2.21 bits per heavy atom. The molecule has 0 aliphatic carbocycles. The van der Waals surface area contributed by atoms with Gasteiger partial charge < -0.3 is 16.0 Å². The van der Waals surface area contributed by atoms with E-state index in [2.05, 4.69) is 5.32 Å². The number of nitrogens with one attached hydrogen (secondary N) is 1. The number of nitro benzene ring substituents is 1. The van der Waals surface area contributed by atoms with Gasteiger partial charge in [-0.25, -0.2) is 0 Å². The molecule has 148 valence electrons. The third kappa shape index (κ3) is 4.17. The summed E-state index contributed by atoms with van der Waals surface area (Å²) in [6, 6.07) is 5.03. The molecule has 28 heavy (non-hydrogen) atoms. The van der Waals surface area contributed by atoms with Gasteiger partial charge in [0.25, 0.3) is 23.4 Å². The Morgan fingerprint density at radius 2 is 1.75 bits per heavy atom. The summed E-state index contributed by atoms with van der Waals surface area (Å²) in [7, 11) is 0. The number of benzene rings is 1. The van der Waals surface area contributed by atoms with Crippen molar-refractivity contribution in [3.63, 3.8) is 0 Å². The smallest absolute Gasteiger partial charge is 0.269 e. The van der Waals surface area contributed by atoms with E-state index in [4.69, 9.17) is 5.73 Å². The summed E-state index contributed by atoms with van der Waals surface area (Å²) >= 11 is 0.980. The van der Waals surface area contributed by atoms with Crippen molar-refractivity contribution in [3.05, 3.63) is 55.9 Å². The van der Waals surface area contributed by atoms with Crippen LogP contribution in [-0.4, -0.2) is 40.6 Å². The molecular formula is C18H20N4O5S. The first kappa shape index (κ1) is 21.0. The Bertz CT molecular complexity index is 932. The summed E-state index contributed by atoms with van der Waals surface area (Å²) in [5.41, 5.74) is 5.97. The van der Waals surface area contributed by atoms with Crippen LogP contribution in [0, 0.1) is 17.0 Å². The third-order valence-electron chi connectivity index (χ3n) is 4.21. The number of nitrogens with two attached hydrogens (primary N) is 1. The van der Waals surface area contributed by atoms with E-state index in [0.29, 0.717) is 23.5 Å². The topological polar surface area (TPSA) is 136 Å². The summed E-state index contributed by atoms with van der Waals surface area (Å²) in [4.78, 5) is 49.2. The maximum absolute atomic E-state index is 12.7. The number of rotatable bonds is 7. The predicted molar refractivity (Wildman–Crippen MR) is 106 cm³/mol. The van der Waals surface area contributed by atoms with Gasteiger partial charge in [0.15, 0.2) is 0 Å². The monoisotopic (exact) mass is 404 g/mol. The lowest BCUT2D eigenvalue weighted by molar-refractivity contribution is -0.384. The molecule has 0 atom stereocenters. The van der Waals surface area contributed by atoms with E-state index in [1.54, 1.807) is 11.8 Å². The number of thiophene rings is 1. The van der Waals surface area contributed by atoms with Crippen LogP contribution in [0.25, 0.3) is 0 Å². The normalized spacial score (nSPS) is 10.4. The predicted octanol–water partition coefficient (Wildman–Crippen LogP) is 2.80. The molecule has 0 unspecified atom stereocenters. The van der Waals surface area contributed by atoms with Gasteiger partial charge in [-0.05, 0) is 38.5 Å². The quantitative estimate of drug-likeness (QED) is 0.540. The summed E-state index contributed by atoms with van der Waals surface area (Å²) < 4.78 is 0. The molecule has 2 rings (SSSR count). The minimum atomic E-state index is -0.758. The zero-order valence-electron chi connectivity index (χ0n) is 15.6. The molecule has 0 bridgehead atoms. The number of hydrogen-bond acceptors (Lipinski definition) is 6. The standard InChI is InChI=1S/C18H20N4O5S/c1-4-21(5-2)18(25)14-10(3)13(15(19)23)17(28-14)20-16(24)11-6-8-12(9-7-11)22(26)27/h6-9H,4-5H2,1-3H3,(H2,19,23)(H,20,24). The highest BCUT2D eigenvalue weighted by atomic mass is 32.1. The molecular weight excluding hydrogens is 384 g/mol. The van der Waals surface area contributed by atoms with Gasteiger partial charge in [0, 0.05) is 30.8 Å². The van der Waals surface area contributed by atoms with Gasteiger partial charge in [0.1, 0.15) is 5.00 Å². The fourth-order valence-corrected chi connectivity index (χ4v) is 3.84. The van der Waals surface area contributed by atoms with E-state index in [-0.39, 0.29) is 27.7 Å². The van der Waals surface area contributed by atoms with Crippen LogP contribution in [0.1, 0.15) is 49.8 Å². The second kappa shape index (κ2) is 8.61. The SMILES string of the molecule is CCN(CC)C(=O)c1sc(NC(=O)c2ccc([N+](=O)[O-])cc2)c(C(N)=O)c1C. The van der Waals surface area contributed by atoms with Crippen LogP contribution in [0.15, 0.2) is 24.3 Å². The van der Waals surface area contributed by atoms with Gasteiger partial charge in [-0.2, -0.15) is 0 Å². The molecule has 10 heteroatoms. The minimum Gasteiger partial charge on any atom is -0.365 e. The van der Waals surface area contributed by atoms with Gasteiger partial charge in [-0.1, -0.05) is 0 Å². The van der Waals surface area contributed by atoms with E-state index < -0.39 is 16.7 Å². The highest BCUT2D eigenvalue weighted by molar-refractivity contribution is 7.18. The summed E-state index contributed by atoms with van der Waals surface area (Å²) in [5, 5.41) is 13.5. The minimum absolute atomic E-state index is 0.0794. The van der Waals surface area contributed by atoms with Gasteiger partial charge in [0.05, 0.1) is 15.4 Å². The maximum Gasteiger partial charge on any atom is 0.269 e. The molecule has 0 aliphatic rings. The molecule has 0 saturated carbocycles. The van der Waals surface area contributed by atoms with E-state index >= 15 is 0 Å². The Hall–Kier alpha value is -3.27. The lowest BCUT2D eigenvalue weighted by Crippen LogP contribution is -2.30. The van der Waals surface area contributed by atoms with Crippen LogP contribution in [-0.2, 0) is 0 Å². The molecule has 9 nitrogen and oxygen atoms in total. The molecule has 3 N–H and O–H groups in total. The molecule has 1 aromatic heterocycles. The second-order valence-electron chi connectivity index (χ2n) is 5.86. The van der Waals surface area contributed by atoms with Crippen LogP contribution >= 0.6 is 11.3 Å². The highest BCUT2D eigenvalue weighted by Crippen LogP contribution is 2.34. The lowest BCUT2D eigenvalue weighted by atomic mass is 10.1. The Kier molecular flexibility index (Phi) is 6.47. The van der Waals surface area contributed by atoms with Crippen molar-refractivity contribution in [1.82, 2.24) is 4.90 Å². The van der Waals surface area contributed by atoms with Gasteiger partial charge in [-0.3, -0.25) is 24.5 Å². The zero-order chi connectivity index (χ0) is 21.0. The number of nitro groups is 1. The van der Waals surface area contributed by atoms with Crippen LogP contribution in [0.5, 0.6) is 0 Å². The summed E-state index contributed by atoms with van der Waals surface area (Å²) in [6.45, 7) is 6.30. The van der Waals surface area contributed by atoms with Crippen molar-refractivity contribution in [2.45, 2.75) is 20.8 Å². The number of anilines is 1. The van der Waals surface area contributed by atoms with Crippen molar-refractivity contribution in [1.29, 1.82) is 0 Å². The number of carbonyl (C=O) groups is 3. The summed E-state index contributed by atoms with van der Waals surface area (Å²) in [5.74, 6) is -1.57. The first-order chi connectivity index (χ1) is 13.2. The average Bonchev–Trinajstić information content (AvgIpc) is 2.98. The fraction of sp³-hybridized carbons (Fsp3) is 0.278. The van der Waals surface area contributed by atoms with Crippen LogP contribution in [0.4, 0.5) is 10.7 Å². The largest absolute Gasteiger partial charge is 0.365 e. The number of hydrogen-bond donors (Lipinski definition) is 2. The zero-order valence-corrected chi connectivity index (χ0v) is 16.5. The van der Waals surface area contributed by atoms with Gasteiger partial charge in [0.2, 0.25) is 0 Å². The molecule has 0 saturated heterocycles. The van der Waals surface area contributed by atoms with E-state index in [1.807, 2.05) is 13.8 Å². The van der Waals surface area contributed by atoms with E-state index in [1.165, 1.54) is 24.3 Å². The second-order valence-corrected chi connectivity index (χ2v) is 6.88. The number of primary amides is 1. The Morgan fingerprint density at radius 1 is 1.18 bits per heavy atom. The van der Waals surface area contributed by atoms with E-state index in [0.717, 1.165) is 11.3 Å². The fourth-order valence-electron chi connectivity index (χ4n) is 2.67. The number of carbonyl (C=O) groups excluding carboxylic acids is 3. The van der Waals surface area contributed by atoms with Crippen molar-refractivity contribution in [2.75, 3.05) is 18.4 Å². The molecule has 1 heterocycles. The maximum atomic E-state index is 12.7. The van der Waals surface area contributed by atoms with Gasteiger partial charge >= 0.3 is 0 Å². The van der Waals surface area contributed by atoms with Crippen molar-refractivity contribution in [3.8, 4) is 0 Å². The Balaban J connectivity index is 2.38. The van der Waals surface area contributed by atoms with Crippen LogP contribution in [0.2, 0.25) is 0 Å². The molecule has 0 spiro atoms. The molecule has 0 radical (unpaired) electrons. The Labute approximate surface area is 165 Å². The molecule has 2 aromatic rings. The van der Waals surface area contributed by atoms with E-state index in [9.17, 15) is 24.5 Å². The number of amides is 3. The van der Waals surface area contributed by atoms with Gasteiger partial charge in [-0.15, -0.1) is 11.3 Å². The van der Waals surface area contributed by atoms with Crippen molar-refractivity contribution < 1.29 is 19.3 Å². The molecule has 3 amide bonds. The number of non-ortho nitro benzene ring substituents is 1. The molecule has 1 aromatic carbocycles. The van der Waals surface area contributed by atoms with Crippen molar-refractivity contribution in [2.24, 2.45) is 5.73 Å². The third-order valence-corrected chi connectivity index (χ3v) is 5.40. The molecule has 0 fully saturated rings. The van der Waals surface area contributed by atoms with Crippen LogP contribution in [0.3, 0.4) is 0 Å². The average molecular weight is 404 g/mol. The first-order valence-electron chi connectivity index (χ1n) is 8.49. The highest BCUT2D eigenvalue weighted by Gasteiger charge is 2.26. The van der Waals surface area contributed by atoms with Crippen LogP contribution < -0.4 is 11.1 Å².